The molecule has 0 saturated carbocycles. The first-order valence-electron chi connectivity index (χ1n) is 35.2. The molecule has 18 aromatic rings. The molecule has 25 nitrogen and oxygen atoms in total. The minimum Gasteiger partial charge on any atom is -0.911 e. The quantitative estimate of drug-likeness (QED) is 0.0722. The zero-order chi connectivity index (χ0) is 86.7. The van der Waals surface area contributed by atoms with Crippen molar-refractivity contribution in [2.45, 2.75) is 74.3 Å². The van der Waals surface area contributed by atoms with Crippen LogP contribution in [0.2, 0.25) is 0 Å². The van der Waals surface area contributed by atoms with Crippen molar-refractivity contribution in [3.63, 3.8) is 0 Å². The third kappa shape index (κ3) is 93.8. The summed E-state index contributed by atoms with van der Waals surface area (Å²) in [6.07, 6.45) is 41.8. The Kier molecular flexibility index (Phi) is 155. The van der Waals surface area contributed by atoms with Crippen molar-refractivity contribution in [1.29, 1.82) is 0 Å². The van der Waals surface area contributed by atoms with Gasteiger partial charge in [-0.3, -0.25) is 64.5 Å². The number of hydrogen-bond acceptors (Lipinski definition) is 21. The Hall–Kier alpha value is -5.64. The molecule has 0 fully saturated rings. The van der Waals surface area contributed by atoms with Gasteiger partial charge in [-0.1, -0.05) is 182 Å². The zero-order valence-corrected chi connectivity index (χ0v) is 94.5. The minimum atomic E-state index is 0. The van der Waals surface area contributed by atoms with Gasteiger partial charge in [0.1, 0.15) is 18.2 Å². The Balaban J connectivity index is -0.0000000811. The van der Waals surface area contributed by atoms with Crippen LogP contribution >= 0.6 is 0 Å². The maximum absolute atomic E-state index is 8.38. The number of aromatic nitrogens is 19. The van der Waals surface area contributed by atoms with Crippen LogP contribution in [0.3, 0.4) is 0 Å². The summed E-state index contributed by atoms with van der Waals surface area (Å²) in [5.74, 6) is 0. The van der Waals surface area contributed by atoms with Crippen molar-refractivity contribution in [1.82, 2.24) is 95.0 Å². The van der Waals surface area contributed by atoms with Crippen LogP contribution in [-0.4, -0.2) is 134 Å². The Morgan fingerprint density at radius 2 is 0.737 bits per heavy atom. The van der Waals surface area contributed by atoms with Gasteiger partial charge in [-0.15, -0.1) is 46.6 Å². The van der Waals surface area contributed by atoms with Crippen LogP contribution in [0, 0.1) is 51.1 Å². The normalized spacial score (nSPS) is 7.55. The first-order valence-corrected chi connectivity index (χ1v) is 35.2. The number of para-hydroxylation sites is 6. The maximum atomic E-state index is 8.38. The van der Waals surface area contributed by atoms with Crippen LogP contribution in [0.1, 0.15) is 85.4 Å². The first-order chi connectivity index (χ1) is 59.1. The number of pyridine rings is 3. The molecule has 0 unspecified atom stereocenters. The molecule has 8 aromatic carbocycles. The van der Waals surface area contributed by atoms with E-state index in [1.807, 2.05) is 233 Å². The van der Waals surface area contributed by atoms with Crippen LogP contribution in [-0.2, 0) is 14.1 Å². The zero-order valence-electron chi connectivity index (χ0n) is 72.6. The number of allylic oxidation sites excluding steroid dienone is 3. The summed E-state index contributed by atoms with van der Waals surface area (Å²) >= 11 is 0. The van der Waals surface area contributed by atoms with Crippen molar-refractivity contribution in [3.8, 4) is 0 Å². The average molecular weight is 2010 g/mol. The molecule has 137 heavy (non-hydrogen) atoms. The molecular formula is C105H123K7N25-7. The molecule has 0 bridgehead atoms. The largest absolute Gasteiger partial charge is 1.00 e. The number of benzene rings is 8. The second kappa shape index (κ2) is 126. The molecule has 0 saturated heterocycles. The van der Waals surface area contributed by atoms with E-state index >= 15 is 0 Å². The van der Waals surface area contributed by atoms with Gasteiger partial charge in [0.15, 0.2) is 0 Å². The number of rotatable bonds is 7. The van der Waals surface area contributed by atoms with Gasteiger partial charge in [0.25, 0.3) is 0 Å². The fourth-order valence-corrected chi connectivity index (χ4v) is 7.66. The number of nitrogens with zero attached hydrogens (tertiary/aromatic N) is 25. The van der Waals surface area contributed by atoms with E-state index in [9.17, 15) is 0 Å². The van der Waals surface area contributed by atoms with Gasteiger partial charge in [-0.05, 0) is 89.6 Å². The molecule has 0 aliphatic heterocycles. The molecule has 18 rings (SSSR count). The average Bonchev–Trinajstić information content (AvgIpc) is 1.72. The SMILES string of the molecule is C.C.C.C.C.C.C.C.C.C.Cn1ccnn1.Cn1nnc2ccccc21.[CH-]=CC=[CH-].[CH-]=CC=[N-].[CH-]=CN=[CH-].[CH-]=Cc1[c-]cccc1.[CH-]=NN=[CH-].[CH-]=Nc1[c-]cccc1.[K+].[K+].[K+].[K+].[K+].[K+].[K+].[N-]=Cc1[c-]cccc1.c1ccc2cnccc2c1.c1ccc2ncccc2c1.c1ccc2nccnc2c1.c1ccc2ncncc2c1.c1ccncc1.c1ccnnc1.c1cnccn1.c1cncnc1. The first kappa shape index (κ1) is 168. The Morgan fingerprint density at radius 1 is 0.321 bits per heavy atom. The number of fused-ring (bicyclic) bond motifs is 5. The van der Waals surface area contributed by atoms with Crippen molar-refractivity contribution < 1.29 is 360 Å². The van der Waals surface area contributed by atoms with E-state index in [4.69, 9.17) is 37.3 Å². The fraction of sp³-hybridized carbons (Fsp3) is 0.114. The molecule has 0 aliphatic rings. The number of aryl methyl sites for hydroxylation is 2. The van der Waals surface area contributed by atoms with Gasteiger partial charge >= 0.3 is 360 Å². The third-order valence-electron chi connectivity index (χ3n) is 12.9. The number of hydrogen-bond donors (Lipinski definition) is 0. The summed E-state index contributed by atoms with van der Waals surface area (Å²) in [5, 5.41) is 47.9. The second-order valence-electron chi connectivity index (χ2n) is 21.1. The van der Waals surface area contributed by atoms with E-state index in [-0.39, 0.29) is 434 Å². The summed E-state index contributed by atoms with van der Waals surface area (Å²) < 4.78 is 3.40. The minimum absolute atomic E-state index is 0. The van der Waals surface area contributed by atoms with Crippen molar-refractivity contribution in [3.05, 3.63) is 470 Å². The topological polar surface area (TPSA) is 323 Å². The Bertz CT molecular complexity index is 4640. The summed E-state index contributed by atoms with van der Waals surface area (Å²) in [7, 11) is 3.71. The molecule has 10 heterocycles. The van der Waals surface area contributed by atoms with Crippen molar-refractivity contribution in [2.24, 2.45) is 34.3 Å². The molecule has 32 heteroatoms. The predicted octanol–water partition coefficient (Wildman–Crippen LogP) is 3.66. The third-order valence-corrected chi connectivity index (χ3v) is 12.9. The van der Waals surface area contributed by atoms with E-state index in [0.717, 1.165) is 68.8 Å². The van der Waals surface area contributed by atoms with E-state index in [2.05, 4.69) is 182 Å². The number of aliphatic imine (C=N–C) groups is 2. The molecule has 0 aliphatic carbocycles. The molecule has 0 N–H and O–H groups in total. The molecule has 0 amide bonds. The summed E-state index contributed by atoms with van der Waals surface area (Å²) in [6, 6.07) is 87.7. The molecule has 682 valence electrons. The van der Waals surface area contributed by atoms with Crippen LogP contribution in [0.4, 0.5) is 5.69 Å². The van der Waals surface area contributed by atoms with Crippen LogP contribution < -0.4 is 360 Å². The van der Waals surface area contributed by atoms with E-state index in [1.54, 1.807) is 133 Å². The molecule has 0 spiro atoms. The Morgan fingerprint density at radius 3 is 1.06 bits per heavy atom. The summed E-state index contributed by atoms with van der Waals surface area (Å²) in [6.45, 7) is 42.0. The van der Waals surface area contributed by atoms with Gasteiger partial charge in [0.2, 0.25) is 0 Å². The summed E-state index contributed by atoms with van der Waals surface area (Å²) in [5.41, 5.74) is 8.32. The molecular weight excluding hydrogens is 1890 g/mol. The maximum Gasteiger partial charge on any atom is 1.00 e. The second-order valence-corrected chi connectivity index (χ2v) is 21.1. The van der Waals surface area contributed by atoms with Crippen LogP contribution in [0.15, 0.2) is 418 Å². The van der Waals surface area contributed by atoms with Crippen LogP contribution in [0.25, 0.3) is 71.5 Å². The van der Waals surface area contributed by atoms with Gasteiger partial charge in [-0.25, -0.2) is 48.5 Å². The van der Waals surface area contributed by atoms with Gasteiger partial charge in [0, 0.05) is 130 Å². The van der Waals surface area contributed by atoms with Crippen molar-refractivity contribution >= 4 is 106 Å². The van der Waals surface area contributed by atoms with Crippen LogP contribution in [0.5, 0.6) is 0 Å². The van der Waals surface area contributed by atoms with Crippen molar-refractivity contribution in [2.75, 3.05) is 0 Å². The van der Waals surface area contributed by atoms with Gasteiger partial charge < -0.3 is 107 Å². The van der Waals surface area contributed by atoms with E-state index < -0.39 is 0 Å². The standard InChI is InChI=1S/2C9H7N.2C8H6N2.C8H6.C7H7N3.2C7H5N.C5H5N.3C4H4N2.C4H4.C3H5N3.2C3H3N.C2H2N2.10CH4.7K/c1-2-6-9-8(4-1)5-3-7-10-9;1-2-4-9-7-10-6-5-8(9)3-1;1-2-4-8-7(3-1)5-9-6-10-8;1-2-4-8-7(3-1)9-5-6-10-8;1-2-8-6-4-3-5-7-8;1-10-7-5-3-2-4-6(7)8-9-10;1-8-7-5-3-2-4-6-7;8-6-7-4-2-1-3-5-7;1-2-4-6-5-3-1;1-2-6-4-3-5-1;1-2-5-4-6-3-1;1-2-4-6-5-3-1;1-3-4-2;1-6-3-2-4-5-6;1-3-4-2;1-2-3-4;1-3-4-2;;;;;;;;;;;;;;;;;/h2*1-7H;2*1-6H;1-6H;2-5H,1H3;1-5H;1-4,6H;1-5H;3*1-4H;1-4H;2-3H,1H3;2*1-3H;1-2H;10*1H4;;;;;;;/q;;;;-2;;2*-2;;;;;-2;;3*-2;;;;;;;;;;;7*+1. The molecule has 0 radical (unpaired) electrons. The van der Waals surface area contributed by atoms with E-state index in [1.165, 1.54) is 40.7 Å². The predicted molar refractivity (Wildman–Crippen MR) is 551 cm³/mol. The van der Waals surface area contributed by atoms with E-state index in [0.29, 0.717) is 11.3 Å². The Labute approximate surface area is 1120 Å². The molecule has 0 atom stereocenters. The van der Waals surface area contributed by atoms with Gasteiger partial charge in [-0.2, -0.15) is 59.5 Å². The van der Waals surface area contributed by atoms with Gasteiger partial charge in [0.05, 0.1) is 33.8 Å². The monoisotopic (exact) mass is 2010 g/mol. The fourth-order valence-electron chi connectivity index (χ4n) is 7.66. The summed E-state index contributed by atoms with van der Waals surface area (Å²) in [4.78, 5) is 49.3. The molecule has 10 aromatic heterocycles. The smallest absolute Gasteiger partial charge is 0.911 e.